The maximum absolute atomic E-state index is 12.5. The summed E-state index contributed by atoms with van der Waals surface area (Å²) in [6.07, 6.45) is 0.0748. The maximum atomic E-state index is 12.5. The van der Waals surface area contributed by atoms with Crippen LogP contribution in [0.25, 0.3) is 0 Å². The molecule has 0 bridgehead atoms. The second-order valence-electron chi connectivity index (χ2n) is 7.05. The number of rotatable bonds is 7. The van der Waals surface area contributed by atoms with E-state index in [1.54, 1.807) is 13.8 Å². The first-order valence-electron chi connectivity index (χ1n) is 9.02. The first-order chi connectivity index (χ1) is 12.6. The Hall–Kier alpha value is -2.34. The molecular formula is C21H27NO4S. The molecule has 0 aliphatic rings. The largest absolute Gasteiger partial charge is 0.491 e. The van der Waals surface area contributed by atoms with Crippen LogP contribution < -0.4 is 10.1 Å². The van der Waals surface area contributed by atoms with Crippen LogP contribution in [0.2, 0.25) is 0 Å². The van der Waals surface area contributed by atoms with Gasteiger partial charge in [0.1, 0.15) is 5.75 Å². The Labute approximate surface area is 161 Å². The molecule has 1 amide bonds. The molecule has 0 saturated heterocycles. The van der Waals surface area contributed by atoms with Gasteiger partial charge in [-0.15, -0.1) is 0 Å². The van der Waals surface area contributed by atoms with Gasteiger partial charge >= 0.3 is 0 Å². The van der Waals surface area contributed by atoms with E-state index in [4.69, 9.17) is 4.74 Å². The summed E-state index contributed by atoms with van der Waals surface area (Å²) in [7, 11) is -3.35. The highest BCUT2D eigenvalue weighted by atomic mass is 32.2. The van der Waals surface area contributed by atoms with Gasteiger partial charge in [0.2, 0.25) is 0 Å². The van der Waals surface area contributed by atoms with Gasteiger partial charge < -0.3 is 10.1 Å². The Balaban J connectivity index is 2.11. The monoisotopic (exact) mass is 389 g/mol. The number of carbonyl (C=O) groups excluding carboxylic acids is 1. The summed E-state index contributed by atoms with van der Waals surface area (Å²) in [4.78, 5) is 12.7. The minimum Gasteiger partial charge on any atom is -0.491 e. The van der Waals surface area contributed by atoms with Gasteiger partial charge in [-0.1, -0.05) is 12.1 Å². The van der Waals surface area contributed by atoms with Crippen molar-refractivity contribution in [1.82, 2.24) is 5.32 Å². The molecule has 0 aliphatic heterocycles. The Morgan fingerprint density at radius 2 is 1.59 bits per heavy atom. The van der Waals surface area contributed by atoms with E-state index in [-0.39, 0.29) is 22.9 Å². The van der Waals surface area contributed by atoms with Crippen LogP contribution in [0, 0.1) is 0 Å². The molecule has 27 heavy (non-hydrogen) atoms. The average molecular weight is 390 g/mol. The molecule has 0 aliphatic carbocycles. The number of hydrogen-bond acceptors (Lipinski definition) is 4. The third-order valence-electron chi connectivity index (χ3n) is 4.14. The number of amides is 1. The van der Waals surface area contributed by atoms with E-state index in [1.807, 2.05) is 45.0 Å². The molecule has 1 unspecified atom stereocenters. The van der Waals surface area contributed by atoms with Gasteiger partial charge in [0.05, 0.1) is 22.3 Å². The van der Waals surface area contributed by atoms with E-state index in [1.165, 1.54) is 24.3 Å². The zero-order chi connectivity index (χ0) is 20.2. The van der Waals surface area contributed by atoms with E-state index in [0.29, 0.717) is 5.56 Å². The molecule has 0 radical (unpaired) electrons. The van der Waals surface area contributed by atoms with Crippen molar-refractivity contribution in [1.29, 1.82) is 0 Å². The number of carbonyl (C=O) groups is 1. The van der Waals surface area contributed by atoms with Crippen LogP contribution in [0.15, 0.2) is 53.4 Å². The van der Waals surface area contributed by atoms with Crippen LogP contribution in [0.4, 0.5) is 0 Å². The third kappa shape index (κ3) is 5.32. The highest BCUT2D eigenvalue weighted by Crippen LogP contribution is 2.21. The summed E-state index contributed by atoms with van der Waals surface area (Å²) in [5.41, 5.74) is 1.35. The second kappa shape index (κ2) is 8.57. The zero-order valence-corrected chi connectivity index (χ0v) is 17.2. The minimum absolute atomic E-state index is 0.0748. The third-order valence-corrected chi connectivity index (χ3v) is 6.31. The summed E-state index contributed by atoms with van der Waals surface area (Å²) in [6.45, 7) is 9.08. The highest BCUT2D eigenvalue weighted by molar-refractivity contribution is 7.92. The van der Waals surface area contributed by atoms with Gasteiger partial charge in [0.25, 0.3) is 5.91 Å². The average Bonchev–Trinajstić information content (AvgIpc) is 2.61. The summed E-state index contributed by atoms with van der Waals surface area (Å²) in [5.74, 6) is 0.498. The molecular weight excluding hydrogens is 362 g/mol. The molecule has 0 saturated carbocycles. The number of benzene rings is 2. The van der Waals surface area contributed by atoms with Crippen molar-refractivity contribution in [3.8, 4) is 5.75 Å². The molecule has 2 rings (SSSR count). The number of hydrogen-bond donors (Lipinski definition) is 1. The molecule has 0 heterocycles. The van der Waals surface area contributed by atoms with Gasteiger partial charge in [-0.2, -0.15) is 0 Å². The molecule has 2 aromatic carbocycles. The fraction of sp³-hybridized carbons (Fsp3) is 0.381. The Bertz CT molecular complexity index is 887. The molecule has 1 N–H and O–H groups in total. The van der Waals surface area contributed by atoms with E-state index in [2.05, 4.69) is 5.32 Å². The first-order valence-corrected chi connectivity index (χ1v) is 10.6. The summed E-state index contributed by atoms with van der Waals surface area (Å²) < 4.78 is 30.0. The Morgan fingerprint density at radius 3 is 2.15 bits per heavy atom. The smallest absolute Gasteiger partial charge is 0.251 e. The minimum atomic E-state index is -3.35. The molecule has 0 spiro atoms. The topological polar surface area (TPSA) is 72.5 Å². The van der Waals surface area contributed by atoms with Gasteiger partial charge in [-0.3, -0.25) is 4.79 Å². The zero-order valence-electron chi connectivity index (χ0n) is 16.4. The van der Waals surface area contributed by atoms with E-state index < -0.39 is 15.1 Å². The molecule has 5 nitrogen and oxygen atoms in total. The van der Waals surface area contributed by atoms with E-state index in [0.717, 1.165) is 11.3 Å². The first kappa shape index (κ1) is 21.0. The standard InChI is InChI=1S/C21H27NO4S/c1-14(2)26-19-8-6-7-18(13-19)16(5)22-21(23)17-9-11-20(12-10-17)27(24,25)15(3)4/h6-16H,1-5H3,(H,22,23). The van der Waals surface area contributed by atoms with Crippen LogP contribution in [-0.4, -0.2) is 25.7 Å². The lowest BCUT2D eigenvalue weighted by Crippen LogP contribution is -2.26. The van der Waals surface area contributed by atoms with Crippen molar-refractivity contribution in [3.63, 3.8) is 0 Å². The number of sulfone groups is 1. The van der Waals surface area contributed by atoms with Gasteiger partial charge in [0.15, 0.2) is 9.84 Å². The van der Waals surface area contributed by atoms with Crippen molar-refractivity contribution in [2.24, 2.45) is 0 Å². The SMILES string of the molecule is CC(C)Oc1cccc(C(C)NC(=O)c2ccc(S(=O)(=O)C(C)C)cc2)c1. The van der Waals surface area contributed by atoms with Crippen LogP contribution in [0.1, 0.15) is 56.6 Å². The predicted molar refractivity (Wildman–Crippen MR) is 107 cm³/mol. The molecule has 0 aromatic heterocycles. The maximum Gasteiger partial charge on any atom is 0.251 e. The lowest BCUT2D eigenvalue weighted by Gasteiger charge is -2.17. The van der Waals surface area contributed by atoms with Crippen LogP contribution in [-0.2, 0) is 9.84 Å². The lowest BCUT2D eigenvalue weighted by atomic mass is 10.1. The van der Waals surface area contributed by atoms with Gasteiger partial charge in [-0.05, 0) is 76.6 Å². The Kier molecular flexibility index (Phi) is 6.65. The lowest BCUT2D eigenvalue weighted by molar-refractivity contribution is 0.0939. The van der Waals surface area contributed by atoms with E-state index in [9.17, 15) is 13.2 Å². The second-order valence-corrected chi connectivity index (χ2v) is 9.56. The fourth-order valence-corrected chi connectivity index (χ4v) is 3.62. The molecule has 0 fully saturated rings. The summed E-state index contributed by atoms with van der Waals surface area (Å²) in [5, 5.41) is 2.43. The highest BCUT2D eigenvalue weighted by Gasteiger charge is 2.20. The van der Waals surface area contributed by atoms with Crippen molar-refractivity contribution >= 4 is 15.7 Å². The number of nitrogens with one attached hydrogen (secondary N) is 1. The van der Waals surface area contributed by atoms with Crippen LogP contribution >= 0.6 is 0 Å². The summed E-state index contributed by atoms with van der Waals surface area (Å²) in [6, 6.07) is 13.4. The number of ether oxygens (including phenoxy) is 1. The van der Waals surface area contributed by atoms with Crippen molar-refractivity contribution in [2.75, 3.05) is 0 Å². The quantitative estimate of drug-likeness (QED) is 0.772. The van der Waals surface area contributed by atoms with Gasteiger partial charge in [0, 0.05) is 5.56 Å². The van der Waals surface area contributed by atoms with Crippen molar-refractivity contribution < 1.29 is 17.9 Å². The molecule has 146 valence electrons. The fourth-order valence-electron chi connectivity index (χ4n) is 2.56. The normalized spacial score (nSPS) is 12.9. The van der Waals surface area contributed by atoms with E-state index >= 15 is 0 Å². The molecule has 2 aromatic rings. The van der Waals surface area contributed by atoms with Crippen molar-refractivity contribution in [2.45, 2.75) is 56.9 Å². The molecule has 6 heteroatoms. The van der Waals surface area contributed by atoms with Crippen molar-refractivity contribution in [3.05, 3.63) is 59.7 Å². The van der Waals surface area contributed by atoms with Crippen LogP contribution in [0.5, 0.6) is 5.75 Å². The van der Waals surface area contributed by atoms with Gasteiger partial charge in [-0.25, -0.2) is 8.42 Å². The Morgan fingerprint density at radius 1 is 0.963 bits per heavy atom. The van der Waals surface area contributed by atoms with Crippen LogP contribution in [0.3, 0.4) is 0 Å². The summed E-state index contributed by atoms with van der Waals surface area (Å²) >= 11 is 0. The molecule has 1 atom stereocenters. The predicted octanol–water partition coefficient (Wildman–Crippen LogP) is 4.15.